The molecule has 2 aliphatic heterocycles. The number of nitrogens with one attached hydrogen (secondary N) is 2. The highest BCUT2D eigenvalue weighted by atomic mass is 16.5. The number of nitrogens with zero attached hydrogens (tertiary/aromatic N) is 2. The molecule has 0 radical (unpaired) electrons. The number of carbonyl (C=O) groups excluding carboxylic acids is 1. The Labute approximate surface area is 165 Å². The lowest BCUT2D eigenvalue weighted by molar-refractivity contribution is -0.128. The van der Waals surface area contributed by atoms with Crippen molar-refractivity contribution in [1.29, 1.82) is 0 Å². The molecule has 0 spiro atoms. The first-order valence-corrected chi connectivity index (χ1v) is 9.07. The van der Waals surface area contributed by atoms with E-state index in [4.69, 9.17) is 4.74 Å². The highest BCUT2D eigenvalue weighted by Crippen LogP contribution is 2.24. The number of ether oxygens (including phenoxy) is 1. The molecule has 0 unspecified atom stereocenters. The summed E-state index contributed by atoms with van der Waals surface area (Å²) in [7, 11) is 0. The Balaban J connectivity index is 1.80. The molecule has 5 rings (SSSR count). The van der Waals surface area contributed by atoms with Crippen molar-refractivity contribution in [2.75, 3.05) is 0 Å². The number of rotatable bonds is 2. The van der Waals surface area contributed by atoms with Gasteiger partial charge in [0, 0.05) is 28.7 Å². The van der Waals surface area contributed by atoms with Gasteiger partial charge in [-0.2, -0.15) is 0 Å². The summed E-state index contributed by atoms with van der Waals surface area (Å²) in [6.45, 7) is 3.46. The van der Waals surface area contributed by atoms with E-state index in [9.17, 15) is 4.79 Å². The van der Waals surface area contributed by atoms with Gasteiger partial charge in [-0.1, -0.05) is 6.58 Å². The number of fused-ring (bicyclic) bond motifs is 8. The summed E-state index contributed by atoms with van der Waals surface area (Å²) < 4.78 is 5.39. The summed E-state index contributed by atoms with van der Waals surface area (Å²) in [5.41, 5.74) is 6.55. The normalized spacial score (nSPS) is 12.1. The van der Waals surface area contributed by atoms with E-state index in [-0.39, 0.29) is 0 Å². The smallest absolute Gasteiger partial charge is 0.335 e. The highest BCUT2D eigenvalue weighted by Gasteiger charge is 2.08. The van der Waals surface area contributed by atoms with Gasteiger partial charge in [0.05, 0.1) is 28.3 Å². The van der Waals surface area contributed by atoms with Crippen LogP contribution in [0.15, 0.2) is 55.1 Å². The van der Waals surface area contributed by atoms with Gasteiger partial charge in [0.15, 0.2) is 5.75 Å². The minimum atomic E-state index is -0.522. The Kier molecular flexibility index (Phi) is 3.95. The van der Waals surface area contributed by atoms with E-state index < -0.39 is 5.97 Å². The van der Waals surface area contributed by atoms with Crippen LogP contribution in [-0.4, -0.2) is 25.9 Å². The molecule has 29 heavy (non-hydrogen) atoms. The third-order valence-corrected chi connectivity index (χ3v) is 4.51. The van der Waals surface area contributed by atoms with Crippen molar-refractivity contribution < 1.29 is 9.53 Å². The molecule has 8 bridgehead atoms. The minimum Gasteiger partial charge on any atom is -0.421 e. The fourth-order valence-corrected chi connectivity index (χ4v) is 3.23. The van der Waals surface area contributed by atoms with Crippen molar-refractivity contribution >= 4 is 52.3 Å². The monoisotopic (exact) mass is 380 g/mol. The summed E-state index contributed by atoms with van der Waals surface area (Å²) in [6, 6.07) is 13.5. The van der Waals surface area contributed by atoms with Gasteiger partial charge in [-0.25, -0.2) is 14.8 Å². The predicted octanol–water partition coefficient (Wildman–Crippen LogP) is 4.75. The van der Waals surface area contributed by atoms with Crippen LogP contribution in [0.3, 0.4) is 0 Å². The van der Waals surface area contributed by atoms with Crippen LogP contribution < -0.4 is 4.74 Å². The molecule has 0 aromatic carbocycles. The van der Waals surface area contributed by atoms with Crippen molar-refractivity contribution in [3.05, 3.63) is 77.9 Å². The Morgan fingerprint density at radius 2 is 1.34 bits per heavy atom. The molecule has 2 N–H and O–H groups in total. The second-order valence-corrected chi connectivity index (χ2v) is 6.66. The van der Waals surface area contributed by atoms with Gasteiger partial charge in [0.1, 0.15) is 0 Å². The zero-order valence-corrected chi connectivity index (χ0v) is 15.3. The van der Waals surface area contributed by atoms with E-state index in [0.717, 1.165) is 45.4 Å². The largest absolute Gasteiger partial charge is 0.421 e. The quantitative estimate of drug-likeness (QED) is 0.342. The van der Waals surface area contributed by atoms with Gasteiger partial charge < -0.3 is 14.7 Å². The molecule has 6 heteroatoms. The summed E-state index contributed by atoms with van der Waals surface area (Å²) in [4.78, 5) is 27.6. The summed E-state index contributed by atoms with van der Waals surface area (Å²) in [6.07, 6.45) is 8.87. The van der Waals surface area contributed by atoms with Gasteiger partial charge in [-0.3, -0.25) is 0 Å². The fraction of sp³-hybridized carbons (Fsp3) is 0. The minimum absolute atomic E-state index is 0.408. The Morgan fingerprint density at radius 1 is 0.793 bits per heavy atom. The number of H-pyrrole nitrogens is 2. The molecule has 2 aliphatic rings. The van der Waals surface area contributed by atoms with Crippen molar-refractivity contribution in [3.8, 4) is 5.75 Å². The van der Waals surface area contributed by atoms with Crippen molar-refractivity contribution in [2.24, 2.45) is 0 Å². The molecule has 5 heterocycles. The second kappa shape index (κ2) is 6.76. The summed E-state index contributed by atoms with van der Waals surface area (Å²) >= 11 is 0. The molecule has 3 aromatic heterocycles. The molecular weight excluding hydrogens is 364 g/mol. The van der Waals surface area contributed by atoms with Crippen LogP contribution in [-0.2, 0) is 4.79 Å². The number of esters is 1. The van der Waals surface area contributed by atoms with Gasteiger partial charge in [0.2, 0.25) is 0 Å². The van der Waals surface area contributed by atoms with Crippen molar-refractivity contribution in [1.82, 2.24) is 19.9 Å². The maximum atomic E-state index is 11.7. The molecule has 0 aliphatic carbocycles. The lowest BCUT2D eigenvalue weighted by atomic mass is 10.3. The topological polar surface area (TPSA) is 83.7 Å². The first-order valence-electron chi connectivity index (χ1n) is 9.07. The number of hydrogen-bond donors (Lipinski definition) is 2. The zero-order valence-electron chi connectivity index (χ0n) is 15.3. The molecule has 0 amide bonds. The van der Waals surface area contributed by atoms with E-state index in [1.165, 1.54) is 0 Å². The zero-order chi connectivity index (χ0) is 19.8. The molecule has 3 aromatic rings. The molecule has 0 fully saturated rings. The standard InChI is InChI=1S/C23H16N4O2/c1-2-23(28)29-22-13-20-11-18-6-5-16(25-18)9-14-3-4-15(24-14)10-17-7-8-19(26-17)12-21(22)27-20/h2-13,24,27H,1H2. The van der Waals surface area contributed by atoms with Crippen LogP contribution in [0.4, 0.5) is 0 Å². The summed E-state index contributed by atoms with van der Waals surface area (Å²) in [5, 5.41) is 0. The van der Waals surface area contributed by atoms with Crippen LogP contribution in [0, 0.1) is 0 Å². The maximum Gasteiger partial charge on any atom is 0.335 e. The fourth-order valence-electron chi connectivity index (χ4n) is 3.23. The Bertz CT molecular complexity index is 1370. The predicted molar refractivity (Wildman–Crippen MR) is 115 cm³/mol. The first kappa shape index (κ1) is 16.9. The van der Waals surface area contributed by atoms with Gasteiger partial charge in [0.25, 0.3) is 0 Å². The maximum absolute atomic E-state index is 11.7. The van der Waals surface area contributed by atoms with Crippen molar-refractivity contribution in [3.63, 3.8) is 0 Å². The van der Waals surface area contributed by atoms with E-state index in [1.807, 2.05) is 60.7 Å². The van der Waals surface area contributed by atoms with Gasteiger partial charge >= 0.3 is 5.97 Å². The van der Waals surface area contributed by atoms with Crippen LogP contribution in [0.2, 0.25) is 0 Å². The highest BCUT2D eigenvalue weighted by molar-refractivity contribution is 5.87. The van der Waals surface area contributed by atoms with Crippen LogP contribution >= 0.6 is 0 Å². The number of aromatic amines is 2. The molecule has 0 saturated heterocycles. The Morgan fingerprint density at radius 3 is 1.93 bits per heavy atom. The second-order valence-electron chi connectivity index (χ2n) is 6.66. The van der Waals surface area contributed by atoms with Crippen LogP contribution in [0.1, 0.15) is 22.8 Å². The SMILES string of the molecule is C=CC(=O)Oc1cc2cc3nc(cc4ccc(cc5nc(cc1[nH]2)C=C5)[nH]4)C=C3. The van der Waals surface area contributed by atoms with Crippen LogP contribution in [0.5, 0.6) is 5.75 Å². The van der Waals surface area contributed by atoms with E-state index in [1.54, 1.807) is 6.07 Å². The van der Waals surface area contributed by atoms with E-state index in [0.29, 0.717) is 11.3 Å². The van der Waals surface area contributed by atoms with E-state index >= 15 is 0 Å². The average Bonchev–Trinajstić information content (AvgIpc) is 3.47. The first-order chi connectivity index (χ1) is 14.1. The van der Waals surface area contributed by atoms with Crippen LogP contribution in [0.25, 0.3) is 46.4 Å². The Hall–Kier alpha value is -4.19. The summed E-state index contributed by atoms with van der Waals surface area (Å²) in [5.74, 6) is -0.114. The lowest BCUT2D eigenvalue weighted by Crippen LogP contribution is -2.02. The van der Waals surface area contributed by atoms with E-state index in [2.05, 4.69) is 26.5 Å². The third kappa shape index (κ3) is 3.51. The molecule has 140 valence electrons. The van der Waals surface area contributed by atoms with Crippen molar-refractivity contribution in [2.45, 2.75) is 0 Å². The molecule has 0 atom stereocenters. The molecule has 6 nitrogen and oxygen atoms in total. The molecular formula is C23H16N4O2. The van der Waals surface area contributed by atoms with Gasteiger partial charge in [-0.15, -0.1) is 0 Å². The third-order valence-electron chi connectivity index (χ3n) is 4.51. The van der Waals surface area contributed by atoms with Gasteiger partial charge in [-0.05, 0) is 60.7 Å². The molecule has 0 saturated carbocycles. The number of aromatic nitrogens is 4. The average molecular weight is 380 g/mol. The lowest BCUT2D eigenvalue weighted by Gasteiger charge is -1.96. The number of carbonyl (C=O) groups is 1. The number of hydrogen-bond acceptors (Lipinski definition) is 4.